The fraction of sp³-hybridized carbons (Fsp3) is 0.483. The smallest absolute Gasteiger partial charge is 0.305 e. The zero-order valence-electron chi connectivity index (χ0n) is 22.0. The van der Waals surface area contributed by atoms with E-state index in [0.29, 0.717) is 18.0 Å². The highest BCUT2D eigenvalue weighted by molar-refractivity contribution is 5.94. The van der Waals surface area contributed by atoms with E-state index in [9.17, 15) is 14.4 Å². The number of hydrogen-bond acceptors (Lipinski definition) is 4. The number of hydrogen-bond donors (Lipinski definition) is 3. The maximum Gasteiger partial charge on any atom is 0.305 e. The number of carbonyl (C=O) groups is 3. The molecule has 0 saturated carbocycles. The molecule has 0 aromatic heterocycles. The highest BCUT2D eigenvalue weighted by Crippen LogP contribution is 2.38. The second-order valence-corrected chi connectivity index (χ2v) is 11.1. The van der Waals surface area contributed by atoms with Gasteiger partial charge in [-0.1, -0.05) is 70.2 Å². The minimum Gasteiger partial charge on any atom is -0.481 e. The lowest BCUT2D eigenvalue weighted by Crippen LogP contribution is -2.49. The van der Waals surface area contributed by atoms with Crippen LogP contribution in [0.1, 0.15) is 81.4 Å². The van der Waals surface area contributed by atoms with E-state index in [0.717, 1.165) is 24.0 Å². The third-order valence-corrected chi connectivity index (χ3v) is 7.42. The Hall–Kier alpha value is -3.19. The molecule has 1 aliphatic heterocycles. The van der Waals surface area contributed by atoms with Crippen molar-refractivity contribution in [3.8, 4) is 0 Å². The second-order valence-electron chi connectivity index (χ2n) is 11.1. The molecule has 2 aromatic rings. The van der Waals surface area contributed by atoms with Crippen molar-refractivity contribution in [3.05, 3.63) is 71.3 Å². The Morgan fingerprint density at radius 1 is 1.11 bits per heavy atom. The first-order valence-electron chi connectivity index (χ1n) is 12.6. The maximum absolute atomic E-state index is 13.7. The predicted molar refractivity (Wildman–Crippen MR) is 140 cm³/mol. The average molecular weight is 494 g/mol. The molecule has 2 aromatic carbocycles. The van der Waals surface area contributed by atoms with E-state index in [-0.39, 0.29) is 30.2 Å². The van der Waals surface area contributed by atoms with Gasteiger partial charge in [0.05, 0.1) is 12.1 Å². The molecule has 1 saturated heterocycles. The normalized spacial score (nSPS) is 20.9. The van der Waals surface area contributed by atoms with Crippen molar-refractivity contribution in [1.82, 2.24) is 15.5 Å². The second kappa shape index (κ2) is 11.2. The van der Waals surface area contributed by atoms with Crippen molar-refractivity contribution in [2.75, 3.05) is 6.54 Å². The molecule has 1 heterocycles. The van der Waals surface area contributed by atoms with Crippen molar-refractivity contribution in [2.45, 2.75) is 72.1 Å². The molecule has 0 bridgehead atoms. The standard InChI is InChI=1S/C29H39N3O4/c1-20(28(2,3)4)15-17-29(5)31-25(22-9-7-6-8-10-22)27(36)32(29)19-21-11-13-23(14-12-21)26(35)30-18-16-24(33)34/h6-14,20,25,31H,15-19H2,1-5H3,(H,30,35)(H,33,34). The van der Waals surface area contributed by atoms with Crippen LogP contribution in [0, 0.1) is 11.3 Å². The number of nitrogens with zero attached hydrogens (tertiary/aromatic N) is 1. The number of rotatable bonds is 10. The van der Waals surface area contributed by atoms with E-state index in [4.69, 9.17) is 5.11 Å². The van der Waals surface area contributed by atoms with Gasteiger partial charge in [-0.3, -0.25) is 19.7 Å². The Kier molecular flexibility index (Phi) is 8.56. The molecule has 0 spiro atoms. The Labute approximate surface area is 214 Å². The highest BCUT2D eigenvalue weighted by atomic mass is 16.4. The molecule has 194 valence electrons. The summed E-state index contributed by atoms with van der Waals surface area (Å²) in [4.78, 5) is 38.6. The Morgan fingerprint density at radius 2 is 1.75 bits per heavy atom. The summed E-state index contributed by atoms with van der Waals surface area (Å²) >= 11 is 0. The summed E-state index contributed by atoms with van der Waals surface area (Å²) in [5.41, 5.74) is 2.01. The van der Waals surface area contributed by atoms with Gasteiger partial charge in [0.15, 0.2) is 0 Å². The molecule has 7 nitrogen and oxygen atoms in total. The molecule has 2 amide bonds. The minimum atomic E-state index is -0.955. The van der Waals surface area contributed by atoms with Gasteiger partial charge in [0, 0.05) is 18.7 Å². The van der Waals surface area contributed by atoms with Crippen LogP contribution in [-0.2, 0) is 16.1 Å². The van der Waals surface area contributed by atoms with Crippen LogP contribution in [0.2, 0.25) is 0 Å². The SMILES string of the molecule is CC(CCC1(C)NC(c2ccccc2)C(=O)N1Cc1ccc(C(=O)NCCC(=O)O)cc1)C(C)(C)C. The van der Waals surface area contributed by atoms with Gasteiger partial charge in [0.2, 0.25) is 5.91 Å². The third kappa shape index (κ3) is 6.72. The maximum atomic E-state index is 13.7. The van der Waals surface area contributed by atoms with Gasteiger partial charge in [0.1, 0.15) is 6.04 Å². The summed E-state index contributed by atoms with van der Waals surface area (Å²) in [6.07, 6.45) is 1.68. The van der Waals surface area contributed by atoms with Crippen LogP contribution in [0.4, 0.5) is 0 Å². The molecule has 36 heavy (non-hydrogen) atoms. The Bertz CT molecular complexity index is 1060. The van der Waals surface area contributed by atoms with Crippen LogP contribution < -0.4 is 10.6 Å². The largest absolute Gasteiger partial charge is 0.481 e. The van der Waals surface area contributed by atoms with Crippen molar-refractivity contribution >= 4 is 17.8 Å². The first-order valence-corrected chi connectivity index (χ1v) is 12.6. The van der Waals surface area contributed by atoms with E-state index in [1.807, 2.05) is 47.4 Å². The van der Waals surface area contributed by atoms with E-state index in [1.165, 1.54) is 0 Å². The van der Waals surface area contributed by atoms with Crippen LogP contribution in [0.15, 0.2) is 54.6 Å². The molecule has 1 fully saturated rings. The van der Waals surface area contributed by atoms with Crippen LogP contribution in [0.3, 0.4) is 0 Å². The molecular weight excluding hydrogens is 454 g/mol. The van der Waals surface area contributed by atoms with Gasteiger partial charge in [-0.25, -0.2) is 0 Å². The number of aliphatic carboxylic acids is 1. The van der Waals surface area contributed by atoms with E-state index < -0.39 is 17.7 Å². The fourth-order valence-electron chi connectivity index (χ4n) is 4.44. The lowest BCUT2D eigenvalue weighted by molar-refractivity contribution is -0.137. The van der Waals surface area contributed by atoms with E-state index in [2.05, 4.69) is 45.3 Å². The summed E-state index contributed by atoms with van der Waals surface area (Å²) in [5, 5.41) is 15.0. The van der Waals surface area contributed by atoms with Gasteiger partial charge >= 0.3 is 5.97 Å². The molecule has 1 aliphatic rings. The van der Waals surface area contributed by atoms with Gasteiger partial charge < -0.3 is 15.3 Å². The van der Waals surface area contributed by atoms with Crippen LogP contribution in [-0.4, -0.2) is 40.0 Å². The molecule has 3 rings (SSSR count). The van der Waals surface area contributed by atoms with Crippen molar-refractivity contribution in [1.29, 1.82) is 0 Å². The number of carboxylic acid groups (broad SMARTS) is 1. The van der Waals surface area contributed by atoms with Crippen LogP contribution in [0.25, 0.3) is 0 Å². The summed E-state index contributed by atoms with van der Waals surface area (Å²) in [6, 6.07) is 16.5. The monoisotopic (exact) mass is 493 g/mol. The summed E-state index contributed by atoms with van der Waals surface area (Å²) in [7, 11) is 0. The van der Waals surface area contributed by atoms with Gasteiger partial charge in [-0.15, -0.1) is 0 Å². The van der Waals surface area contributed by atoms with Crippen LogP contribution in [0.5, 0.6) is 0 Å². The first-order chi connectivity index (χ1) is 16.9. The summed E-state index contributed by atoms with van der Waals surface area (Å²) in [5.74, 6) is -0.736. The zero-order chi connectivity index (χ0) is 26.5. The van der Waals surface area contributed by atoms with Crippen molar-refractivity contribution < 1.29 is 19.5 Å². The molecule has 3 N–H and O–H groups in total. The Balaban J connectivity index is 1.78. The molecule has 0 radical (unpaired) electrons. The molecular formula is C29H39N3O4. The molecule has 0 aliphatic carbocycles. The van der Waals surface area contributed by atoms with Gasteiger partial charge in [-0.2, -0.15) is 0 Å². The lowest BCUT2D eigenvalue weighted by Gasteiger charge is -2.37. The average Bonchev–Trinajstić information content (AvgIpc) is 3.08. The first kappa shape index (κ1) is 27.4. The van der Waals surface area contributed by atoms with Gasteiger partial charge in [-0.05, 0) is 54.4 Å². The molecule has 3 atom stereocenters. The topological polar surface area (TPSA) is 98.7 Å². The predicted octanol–water partition coefficient (Wildman–Crippen LogP) is 4.74. The summed E-state index contributed by atoms with van der Waals surface area (Å²) in [6.45, 7) is 11.6. The molecule has 3 unspecified atom stereocenters. The fourth-order valence-corrected chi connectivity index (χ4v) is 4.44. The Morgan fingerprint density at radius 3 is 2.33 bits per heavy atom. The van der Waals surface area contributed by atoms with E-state index in [1.54, 1.807) is 12.1 Å². The minimum absolute atomic E-state index is 0.0441. The quantitative estimate of drug-likeness (QED) is 0.444. The number of carbonyl (C=O) groups excluding carboxylic acids is 2. The van der Waals surface area contributed by atoms with Crippen molar-refractivity contribution in [2.24, 2.45) is 11.3 Å². The third-order valence-electron chi connectivity index (χ3n) is 7.42. The van der Waals surface area contributed by atoms with Crippen LogP contribution >= 0.6 is 0 Å². The van der Waals surface area contributed by atoms with Gasteiger partial charge in [0.25, 0.3) is 5.91 Å². The van der Waals surface area contributed by atoms with Crippen molar-refractivity contribution in [3.63, 3.8) is 0 Å². The molecule has 7 heteroatoms. The zero-order valence-corrected chi connectivity index (χ0v) is 22.0. The lowest BCUT2D eigenvalue weighted by atomic mass is 9.78. The number of nitrogens with one attached hydrogen (secondary N) is 2. The summed E-state index contributed by atoms with van der Waals surface area (Å²) < 4.78 is 0. The van der Waals surface area contributed by atoms with E-state index >= 15 is 0 Å². The highest BCUT2D eigenvalue weighted by Gasteiger charge is 2.47. The number of carboxylic acids is 1. The number of benzene rings is 2. The number of amides is 2.